The minimum absolute atomic E-state index is 0.198. The van der Waals surface area contributed by atoms with Gasteiger partial charge in [0.1, 0.15) is 18.6 Å². The van der Waals surface area contributed by atoms with Crippen molar-refractivity contribution in [2.24, 2.45) is 0 Å². The Morgan fingerprint density at radius 3 is 2.68 bits per heavy atom. The summed E-state index contributed by atoms with van der Waals surface area (Å²) in [5.41, 5.74) is 2.95. The summed E-state index contributed by atoms with van der Waals surface area (Å²) in [6.45, 7) is 3.15. The lowest BCUT2D eigenvalue weighted by molar-refractivity contribution is -0.389. The number of hydrogen-bond acceptors (Lipinski definition) is 5. The number of nitro groups is 1. The van der Waals surface area contributed by atoms with E-state index in [0.717, 1.165) is 29.8 Å². The van der Waals surface area contributed by atoms with Gasteiger partial charge in [0.05, 0.1) is 0 Å². The molecule has 1 aliphatic heterocycles. The molecule has 0 N–H and O–H groups in total. The summed E-state index contributed by atoms with van der Waals surface area (Å²) in [6.07, 6.45) is 1.41. The van der Waals surface area contributed by atoms with E-state index in [9.17, 15) is 14.5 Å². The Labute approximate surface area is 161 Å². The van der Waals surface area contributed by atoms with E-state index in [1.807, 2.05) is 30.3 Å². The monoisotopic (exact) mass is 382 g/mol. The average molecular weight is 382 g/mol. The fourth-order valence-corrected chi connectivity index (χ4v) is 3.26. The molecule has 28 heavy (non-hydrogen) atoms. The van der Waals surface area contributed by atoms with Gasteiger partial charge in [0, 0.05) is 31.2 Å². The Hall–Kier alpha value is -3.26. The lowest BCUT2D eigenvalue weighted by atomic mass is 10.0. The molecule has 0 amide bonds. The SMILES string of the molecule is O=[N+]([O-])c1cn2c(n1)OCCN(Cc1ccc(-c3cccc(F)c3)cc1)CC2. The Morgan fingerprint density at radius 2 is 1.93 bits per heavy atom. The number of fused-ring (bicyclic) bond motifs is 1. The van der Waals surface area contributed by atoms with Gasteiger partial charge in [-0.2, -0.15) is 0 Å². The normalized spacial score (nSPS) is 14.6. The minimum Gasteiger partial charge on any atom is -0.444 e. The van der Waals surface area contributed by atoms with Gasteiger partial charge >= 0.3 is 11.8 Å². The first-order chi connectivity index (χ1) is 13.6. The lowest BCUT2D eigenvalue weighted by Gasteiger charge is -2.24. The van der Waals surface area contributed by atoms with E-state index in [4.69, 9.17) is 4.74 Å². The maximum absolute atomic E-state index is 13.4. The number of benzene rings is 2. The molecular weight excluding hydrogens is 363 g/mol. The summed E-state index contributed by atoms with van der Waals surface area (Å²) in [7, 11) is 0. The summed E-state index contributed by atoms with van der Waals surface area (Å²) < 4.78 is 20.7. The number of imidazole rings is 1. The molecule has 0 radical (unpaired) electrons. The van der Waals surface area contributed by atoms with Crippen molar-refractivity contribution in [3.8, 4) is 17.1 Å². The van der Waals surface area contributed by atoms with E-state index in [0.29, 0.717) is 25.7 Å². The second-order valence-corrected chi connectivity index (χ2v) is 6.66. The van der Waals surface area contributed by atoms with E-state index >= 15 is 0 Å². The van der Waals surface area contributed by atoms with Crippen LogP contribution >= 0.6 is 0 Å². The van der Waals surface area contributed by atoms with E-state index in [2.05, 4.69) is 9.88 Å². The molecule has 2 aromatic carbocycles. The highest BCUT2D eigenvalue weighted by Crippen LogP contribution is 2.22. The molecule has 1 aliphatic rings. The third kappa shape index (κ3) is 4.01. The number of rotatable bonds is 4. The van der Waals surface area contributed by atoms with Gasteiger partial charge in [0.15, 0.2) is 0 Å². The first-order valence-corrected chi connectivity index (χ1v) is 9.00. The smallest absolute Gasteiger partial charge is 0.414 e. The van der Waals surface area contributed by atoms with Crippen molar-refractivity contribution >= 4 is 5.82 Å². The topological polar surface area (TPSA) is 73.4 Å². The maximum atomic E-state index is 13.4. The van der Waals surface area contributed by atoms with E-state index in [1.165, 1.54) is 18.3 Å². The molecular formula is C20H19FN4O3. The van der Waals surface area contributed by atoms with Crippen molar-refractivity contribution in [2.75, 3.05) is 19.7 Å². The molecule has 4 rings (SSSR count). The van der Waals surface area contributed by atoms with Crippen molar-refractivity contribution in [3.05, 3.63) is 76.2 Å². The average Bonchev–Trinajstić information content (AvgIpc) is 3.07. The fourth-order valence-electron chi connectivity index (χ4n) is 3.26. The largest absolute Gasteiger partial charge is 0.444 e. The van der Waals surface area contributed by atoms with Crippen LogP contribution in [0.1, 0.15) is 5.56 Å². The number of aromatic nitrogens is 2. The van der Waals surface area contributed by atoms with Gasteiger partial charge in [-0.05, 0) is 33.7 Å². The van der Waals surface area contributed by atoms with Crippen LogP contribution in [0.2, 0.25) is 0 Å². The first-order valence-electron chi connectivity index (χ1n) is 9.00. The van der Waals surface area contributed by atoms with Crippen molar-refractivity contribution in [1.82, 2.24) is 14.5 Å². The van der Waals surface area contributed by atoms with Gasteiger partial charge in [-0.1, -0.05) is 36.4 Å². The van der Waals surface area contributed by atoms with E-state index < -0.39 is 4.92 Å². The molecule has 144 valence electrons. The molecule has 0 atom stereocenters. The molecule has 0 bridgehead atoms. The zero-order valence-electron chi connectivity index (χ0n) is 15.1. The van der Waals surface area contributed by atoms with Gasteiger partial charge < -0.3 is 14.9 Å². The molecule has 3 aromatic rings. The second-order valence-electron chi connectivity index (χ2n) is 6.66. The Kier molecular flexibility index (Phi) is 5.03. The molecule has 1 aromatic heterocycles. The highest BCUT2D eigenvalue weighted by atomic mass is 19.1. The summed E-state index contributed by atoms with van der Waals surface area (Å²) in [5, 5.41) is 10.9. The summed E-state index contributed by atoms with van der Waals surface area (Å²) in [4.78, 5) is 16.5. The molecule has 0 unspecified atom stereocenters. The van der Waals surface area contributed by atoms with Crippen molar-refractivity contribution in [3.63, 3.8) is 0 Å². The number of hydrogen-bond donors (Lipinski definition) is 0. The summed E-state index contributed by atoms with van der Waals surface area (Å²) >= 11 is 0. The quantitative estimate of drug-likeness (QED) is 0.510. The van der Waals surface area contributed by atoms with Crippen LogP contribution < -0.4 is 4.74 Å². The van der Waals surface area contributed by atoms with Crippen LogP contribution in [-0.2, 0) is 13.1 Å². The fraction of sp³-hybridized carbons (Fsp3) is 0.250. The van der Waals surface area contributed by atoms with Gasteiger partial charge in [-0.3, -0.25) is 9.47 Å². The highest BCUT2D eigenvalue weighted by Gasteiger charge is 2.22. The Balaban J connectivity index is 1.42. The predicted molar refractivity (Wildman–Crippen MR) is 101 cm³/mol. The Morgan fingerprint density at radius 1 is 1.11 bits per heavy atom. The zero-order chi connectivity index (χ0) is 19.5. The van der Waals surface area contributed by atoms with Crippen LogP contribution in [0.5, 0.6) is 6.01 Å². The van der Waals surface area contributed by atoms with Crippen molar-refractivity contribution in [2.45, 2.75) is 13.1 Å². The number of halogens is 1. The maximum Gasteiger partial charge on any atom is 0.414 e. The molecule has 8 heteroatoms. The summed E-state index contributed by atoms with van der Waals surface area (Å²) in [5.74, 6) is -0.447. The van der Waals surface area contributed by atoms with Crippen molar-refractivity contribution in [1.29, 1.82) is 0 Å². The van der Waals surface area contributed by atoms with Crippen LogP contribution in [0.4, 0.5) is 10.2 Å². The van der Waals surface area contributed by atoms with Gasteiger partial charge in [-0.15, -0.1) is 0 Å². The molecule has 2 heterocycles. The molecule has 0 saturated heterocycles. The molecule has 0 aliphatic carbocycles. The molecule has 0 fully saturated rings. The van der Waals surface area contributed by atoms with Crippen molar-refractivity contribution < 1.29 is 14.1 Å². The number of nitrogens with zero attached hydrogens (tertiary/aromatic N) is 4. The highest BCUT2D eigenvalue weighted by molar-refractivity contribution is 5.63. The minimum atomic E-state index is -0.515. The van der Waals surface area contributed by atoms with Crippen LogP contribution in [0.3, 0.4) is 0 Å². The third-order valence-electron chi connectivity index (χ3n) is 4.73. The van der Waals surface area contributed by atoms with E-state index in [-0.39, 0.29) is 11.6 Å². The molecule has 0 spiro atoms. The molecule has 0 saturated carbocycles. The first kappa shape index (κ1) is 18.1. The number of ether oxygens (including phenoxy) is 1. The zero-order valence-corrected chi connectivity index (χ0v) is 15.1. The standard InChI is InChI=1S/C20H19FN4O3/c21-18-3-1-2-17(12-18)16-6-4-15(5-7-16)13-23-8-9-24-14-19(25(26)27)22-20(24)28-11-10-23/h1-7,12,14H,8-11,13H2. The lowest BCUT2D eigenvalue weighted by Crippen LogP contribution is -2.33. The van der Waals surface area contributed by atoms with Gasteiger partial charge in [0.25, 0.3) is 0 Å². The molecule has 7 nitrogen and oxygen atoms in total. The van der Waals surface area contributed by atoms with Crippen LogP contribution in [0.25, 0.3) is 11.1 Å². The Bertz CT molecular complexity index is 987. The van der Waals surface area contributed by atoms with Crippen LogP contribution in [0, 0.1) is 15.9 Å². The third-order valence-corrected chi connectivity index (χ3v) is 4.73. The second kappa shape index (κ2) is 7.77. The van der Waals surface area contributed by atoms with Gasteiger partial charge in [-0.25, -0.2) is 4.39 Å². The van der Waals surface area contributed by atoms with Crippen LogP contribution in [0.15, 0.2) is 54.7 Å². The summed E-state index contributed by atoms with van der Waals surface area (Å²) in [6, 6.07) is 14.9. The van der Waals surface area contributed by atoms with Gasteiger partial charge in [0.2, 0.25) is 0 Å². The van der Waals surface area contributed by atoms with Crippen LogP contribution in [-0.4, -0.2) is 39.1 Å². The van der Waals surface area contributed by atoms with E-state index in [1.54, 1.807) is 10.6 Å². The predicted octanol–water partition coefficient (Wildman–Crippen LogP) is 3.49.